The predicted octanol–water partition coefficient (Wildman–Crippen LogP) is 0.829. The van der Waals surface area contributed by atoms with Crippen molar-refractivity contribution in [1.82, 2.24) is 4.90 Å². The van der Waals surface area contributed by atoms with Gasteiger partial charge in [-0.3, -0.25) is 4.79 Å². The van der Waals surface area contributed by atoms with Crippen LogP contribution in [0.15, 0.2) is 12.1 Å². The maximum absolute atomic E-state index is 11.2. The zero-order valence-corrected chi connectivity index (χ0v) is 8.86. The summed E-state index contributed by atoms with van der Waals surface area (Å²) in [6, 6.07) is 3.35. The molecule has 16 heavy (non-hydrogen) atoms. The predicted molar refractivity (Wildman–Crippen MR) is 57.7 cm³/mol. The van der Waals surface area contributed by atoms with Crippen LogP contribution < -0.4 is 5.73 Å². The van der Waals surface area contributed by atoms with Gasteiger partial charge in [0.05, 0.1) is 5.56 Å². The van der Waals surface area contributed by atoms with Gasteiger partial charge in [-0.25, -0.2) is 4.79 Å². The molecule has 0 aliphatic carbocycles. The molecule has 3 N–H and O–H groups in total. The number of fused-ring (bicyclic) bond motifs is 1. The van der Waals surface area contributed by atoms with Gasteiger partial charge in [0.15, 0.2) is 0 Å². The zero-order valence-electron chi connectivity index (χ0n) is 8.86. The summed E-state index contributed by atoms with van der Waals surface area (Å²) in [5, 5.41) is 9.07. The van der Waals surface area contributed by atoms with Crippen molar-refractivity contribution in [2.45, 2.75) is 20.0 Å². The van der Waals surface area contributed by atoms with Crippen molar-refractivity contribution in [2.24, 2.45) is 0 Å². The van der Waals surface area contributed by atoms with E-state index in [0.717, 1.165) is 5.56 Å². The van der Waals surface area contributed by atoms with Gasteiger partial charge >= 0.3 is 5.97 Å². The number of carbonyl (C=O) groups excluding carboxylic acids is 1. The Balaban J connectivity index is 2.49. The Hall–Kier alpha value is -2.04. The normalized spacial score (nSPS) is 13.7. The molecule has 0 aromatic heterocycles. The molecule has 0 unspecified atom stereocenters. The molecule has 0 radical (unpaired) electrons. The Bertz CT molecular complexity index is 482. The third kappa shape index (κ3) is 1.50. The van der Waals surface area contributed by atoms with Crippen LogP contribution in [0.25, 0.3) is 0 Å². The Labute approximate surface area is 92.5 Å². The van der Waals surface area contributed by atoms with Gasteiger partial charge in [0.2, 0.25) is 5.91 Å². The molecule has 0 spiro atoms. The molecule has 0 saturated carbocycles. The number of hydrogen-bond donors (Lipinski definition) is 2. The fourth-order valence-corrected chi connectivity index (χ4v) is 1.97. The molecule has 1 aromatic rings. The molecule has 2 rings (SSSR count). The molecular formula is C11H12N2O3. The second-order valence-corrected chi connectivity index (χ2v) is 3.85. The van der Waals surface area contributed by atoms with Crippen molar-refractivity contribution in [3.8, 4) is 0 Å². The van der Waals surface area contributed by atoms with Crippen LogP contribution in [0.2, 0.25) is 0 Å². The van der Waals surface area contributed by atoms with Crippen LogP contribution in [-0.4, -0.2) is 21.9 Å². The van der Waals surface area contributed by atoms with Crippen LogP contribution in [-0.2, 0) is 17.9 Å². The number of hydrogen-bond acceptors (Lipinski definition) is 3. The van der Waals surface area contributed by atoms with E-state index in [0.29, 0.717) is 18.7 Å². The number of nitrogens with zero attached hydrogens (tertiary/aromatic N) is 1. The first-order valence-electron chi connectivity index (χ1n) is 4.89. The van der Waals surface area contributed by atoms with Gasteiger partial charge in [-0.2, -0.15) is 0 Å². The van der Waals surface area contributed by atoms with Crippen LogP contribution in [0.3, 0.4) is 0 Å². The second kappa shape index (κ2) is 3.52. The maximum atomic E-state index is 11.2. The van der Waals surface area contributed by atoms with E-state index in [1.165, 1.54) is 6.92 Å². The molecule has 84 valence electrons. The number of benzene rings is 1. The van der Waals surface area contributed by atoms with Crippen molar-refractivity contribution < 1.29 is 14.7 Å². The molecular weight excluding hydrogens is 208 g/mol. The van der Waals surface area contributed by atoms with Gasteiger partial charge in [-0.15, -0.1) is 0 Å². The molecule has 1 aromatic carbocycles. The first kappa shape index (κ1) is 10.5. The lowest BCUT2D eigenvalue weighted by atomic mass is 10.0. The summed E-state index contributed by atoms with van der Waals surface area (Å²) >= 11 is 0. The minimum atomic E-state index is -1.04. The zero-order chi connectivity index (χ0) is 11.9. The van der Waals surface area contributed by atoms with Crippen LogP contribution in [0.4, 0.5) is 5.69 Å². The van der Waals surface area contributed by atoms with E-state index in [4.69, 9.17) is 10.8 Å². The van der Waals surface area contributed by atoms with Gasteiger partial charge in [-0.1, -0.05) is 6.07 Å². The summed E-state index contributed by atoms with van der Waals surface area (Å²) in [5.41, 5.74) is 7.52. The highest BCUT2D eigenvalue weighted by Crippen LogP contribution is 2.29. The average Bonchev–Trinajstić information content (AvgIpc) is 2.60. The third-order valence-electron chi connectivity index (χ3n) is 2.81. The molecule has 5 heteroatoms. The Morgan fingerprint density at radius 3 is 2.62 bits per heavy atom. The van der Waals surface area contributed by atoms with E-state index in [1.54, 1.807) is 17.0 Å². The quantitative estimate of drug-likeness (QED) is 0.686. The number of carboxylic acid groups (broad SMARTS) is 1. The number of anilines is 1. The standard InChI is InChI=1S/C11H12N2O3/c1-6(14)13-4-7-2-3-9(12)10(11(15)16)8(7)5-13/h2-3H,4-5,12H2,1H3,(H,15,16). The molecule has 1 aliphatic heterocycles. The average molecular weight is 220 g/mol. The molecule has 0 atom stereocenters. The molecule has 0 fully saturated rings. The number of aromatic carboxylic acids is 1. The Kier molecular flexibility index (Phi) is 2.30. The number of carbonyl (C=O) groups is 2. The summed E-state index contributed by atoms with van der Waals surface area (Å²) in [5.74, 6) is -1.11. The highest BCUT2D eigenvalue weighted by molar-refractivity contribution is 5.96. The summed E-state index contributed by atoms with van der Waals surface area (Å²) in [6.07, 6.45) is 0. The third-order valence-corrected chi connectivity index (χ3v) is 2.81. The van der Waals surface area contributed by atoms with Gasteiger partial charge in [-0.05, 0) is 17.2 Å². The van der Waals surface area contributed by atoms with Crippen LogP contribution in [0.1, 0.15) is 28.4 Å². The van der Waals surface area contributed by atoms with E-state index >= 15 is 0 Å². The number of nitrogen functional groups attached to an aromatic ring is 1. The molecule has 1 heterocycles. The van der Waals surface area contributed by atoms with Crippen molar-refractivity contribution in [3.05, 3.63) is 28.8 Å². The second-order valence-electron chi connectivity index (χ2n) is 3.85. The van der Waals surface area contributed by atoms with Crippen molar-refractivity contribution >= 4 is 17.6 Å². The van der Waals surface area contributed by atoms with E-state index < -0.39 is 5.97 Å². The van der Waals surface area contributed by atoms with E-state index in [9.17, 15) is 9.59 Å². The van der Waals surface area contributed by atoms with Gasteiger partial charge < -0.3 is 15.7 Å². The van der Waals surface area contributed by atoms with E-state index in [2.05, 4.69) is 0 Å². The topological polar surface area (TPSA) is 83.6 Å². The number of amides is 1. The number of rotatable bonds is 1. The monoisotopic (exact) mass is 220 g/mol. The van der Waals surface area contributed by atoms with Crippen molar-refractivity contribution in [2.75, 3.05) is 5.73 Å². The van der Waals surface area contributed by atoms with Crippen LogP contribution in [0.5, 0.6) is 0 Å². The lowest BCUT2D eigenvalue weighted by Crippen LogP contribution is -2.22. The van der Waals surface area contributed by atoms with Gasteiger partial charge in [0, 0.05) is 25.7 Å². The molecule has 0 bridgehead atoms. The molecule has 1 aliphatic rings. The van der Waals surface area contributed by atoms with Crippen LogP contribution in [0, 0.1) is 0 Å². The molecule has 5 nitrogen and oxygen atoms in total. The lowest BCUT2D eigenvalue weighted by Gasteiger charge is -2.11. The molecule has 1 amide bonds. The minimum Gasteiger partial charge on any atom is -0.478 e. The fourth-order valence-electron chi connectivity index (χ4n) is 1.97. The number of carboxylic acids is 1. The largest absolute Gasteiger partial charge is 0.478 e. The van der Waals surface area contributed by atoms with Gasteiger partial charge in [0.1, 0.15) is 0 Å². The van der Waals surface area contributed by atoms with Crippen molar-refractivity contribution in [1.29, 1.82) is 0 Å². The highest BCUT2D eigenvalue weighted by Gasteiger charge is 2.27. The summed E-state index contributed by atoms with van der Waals surface area (Å²) in [7, 11) is 0. The van der Waals surface area contributed by atoms with E-state index in [1.807, 2.05) is 0 Å². The smallest absolute Gasteiger partial charge is 0.338 e. The summed E-state index contributed by atoms with van der Waals surface area (Å²) < 4.78 is 0. The SMILES string of the molecule is CC(=O)N1Cc2ccc(N)c(C(=O)O)c2C1. The number of nitrogens with two attached hydrogens (primary N) is 1. The first-order valence-corrected chi connectivity index (χ1v) is 4.89. The van der Waals surface area contributed by atoms with Crippen molar-refractivity contribution in [3.63, 3.8) is 0 Å². The van der Waals surface area contributed by atoms with Gasteiger partial charge in [0.25, 0.3) is 0 Å². The van der Waals surface area contributed by atoms with E-state index in [-0.39, 0.29) is 17.2 Å². The Morgan fingerprint density at radius 2 is 2.06 bits per heavy atom. The Morgan fingerprint density at radius 1 is 1.38 bits per heavy atom. The highest BCUT2D eigenvalue weighted by atomic mass is 16.4. The summed E-state index contributed by atoms with van der Waals surface area (Å²) in [4.78, 5) is 23.9. The fraction of sp³-hybridized carbons (Fsp3) is 0.273. The first-order chi connectivity index (χ1) is 7.50. The summed E-state index contributed by atoms with van der Waals surface area (Å²) in [6.45, 7) is 2.26. The lowest BCUT2D eigenvalue weighted by molar-refractivity contribution is -0.129. The molecule has 0 saturated heterocycles. The van der Waals surface area contributed by atoms with Crippen LogP contribution >= 0.6 is 0 Å². The minimum absolute atomic E-state index is 0.0638. The maximum Gasteiger partial charge on any atom is 0.338 e.